The molecule has 1 aliphatic carbocycles. The van der Waals surface area contributed by atoms with Crippen LogP contribution in [0, 0.1) is 5.92 Å². The number of nitrogen functional groups attached to an aromatic ring is 1. The van der Waals surface area contributed by atoms with Crippen LogP contribution in [0.3, 0.4) is 0 Å². The first-order valence-electron chi connectivity index (χ1n) is 4.99. The van der Waals surface area contributed by atoms with Gasteiger partial charge in [-0.3, -0.25) is 0 Å². The van der Waals surface area contributed by atoms with Crippen molar-refractivity contribution >= 4 is 11.8 Å². The number of hydrogen-bond acceptors (Lipinski definition) is 1. The second kappa shape index (κ2) is 3.70. The molecule has 2 rings (SSSR count). The van der Waals surface area contributed by atoms with Gasteiger partial charge in [0, 0.05) is 5.69 Å². The van der Waals surface area contributed by atoms with Crippen LogP contribution in [-0.2, 0) is 6.42 Å². The minimum absolute atomic E-state index is 0.599. The summed E-state index contributed by atoms with van der Waals surface area (Å²) in [6.45, 7) is 2.23. The molecule has 0 radical (unpaired) electrons. The van der Waals surface area contributed by atoms with Crippen LogP contribution in [0.4, 0.5) is 5.69 Å². The lowest BCUT2D eigenvalue weighted by Gasteiger charge is -2.12. The average Bonchev–Trinajstić information content (AvgIpc) is 2.13. The minimum atomic E-state index is 0.599. The lowest BCUT2D eigenvalue weighted by atomic mass is 9.94. The summed E-state index contributed by atoms with van der Waals surface area (Å²) >= 11 is 0. The highest BCUT2D eigenvalue weighted by Crippen LogP contribution is 2.21. The van der Waals surface area contributed by atoms with Crippen LogP contribution in [0.2, 0.25) is 0 Å². The number of fused-ring (bicyclic) bond motifs is 1. The quantitative estimate of drug-likeness (QED) is 0.618. The van der Waals surface area contributed by atoms with Crippen LogP contribution in [0.5, 0.6) is 0 Å². The maximum Gasteiger partial charge on any atom is 0.0320 e. The molecule has 0 saturated carbocycles. The van der Waals surface area contributed by atoms with E-state index in [0.717, 1.165) is 12.1 Å². The van der Waals surface area contributed by atoms with Gasteiger partial charge in [0.25, 0.3) is 0 Å². The summed E-state index contributed by atoms with van der Waals surface area (Å²) in [6.07, 6.45) is 9.63. The molecule has 0 spiro atoms. The molecule has 72 valence electrons. The van der Waals surface area contributed by atoms with Crippen LogP contribution in [0.15, 0.2) is 36.4 Å². The topological polar surface area (TPSA) is 26.0 Å². The van der Waals surface area contributed by atoms with E-state index in [1.807, 2.05) is 12.1 Å². The van der Waals surface area contributed by atoms with E-state index in [4.69, 9.17) is 5.73 Å². The fraction of sp³-hybridized carbons (Fsp3) is 0.231. The first-order chi connectivity index (χ1) is 6.75. The lowest BCUT2D eigenvalue weighted by molar-refractivity contribution is 0.722. The van der Waals surface area contributed by atoms with Crippen molar-refractivity contribution in [1.29, 1.82) is 0 Å². The van der Waals surface area contributed by atoms with Gasteiger partial charge in [0.05, 0.1) is 0 Å². The fourth-order valence-corrected chi connectivity index (χ4v) is 1.78. The molecule has 14 heavy (non-hydrogen) atoms. The SMILES string of the molecule is C[C@H]1/C=C\C=C/c2cc(N)ccc2C1. The predicted molar refractivity (Wildman–Crippen MR) is 61.9 cm³/mol. The van der Waals surface area contributed by atoms with Crippen molar-refractivity contribution in [1.82, 2.24) is 0 Å². The molecule has 0 fully saturated rings. The Labute approximate surface area is 84.9 Å². The number of allylic oxidation sites excluding steroid dienone is 3. The number of benzene rings is 1. The van der Waals surface area contributed by atoms with Gasteiger partial charge in [0.2, 0.25) is 0 Å². The van der Waals surface area contributed by atoms with Crippen molar-refractivity contribution in [2.75, 3.05) is 5.73 Å². The summed E-state index contributed by atoms with van der Waals surface area (Å²) in [4.78, 5) is 0. The Kier molecular flexibility index (Phi) is 2.40. The molecular formula is C13H15N. The van der Waals surface area contributed by atoms with E-state index in [0.29, 0.717) is 5.92 Å². The molecule has 1 nitrogen and oxygen atoms in total. The Balaban J connectivity index is 2.46. The Morgan fingerprint density at radius 3 is 3.00 bits per heavy atom. The third-order valence-corrected chi connectivity index (χ3v) is 2.54. The van der Waals surface area contributed by atoms with Gasteiger partial charge >= 0.3 is 0 Å². The van der Waals surface area contributed by atoms with Gasteiger partial charge < -0.3 is 5.73 Å². The van der Waals surface area contributed by atoms with Crippen LogP contribution >= 0.6 is 0 Å². The van der Waals surface area contributed by atoms with E-state index in [9.17, 15) is 0 Å². The number of nitrogens with two attached hydrogens (primary N) is 1. The molecule has 0 amide bonds. The van der Waals surface area contributed by atoms with Crippen LogP contribution in [0.25, 0.3) is 6.08 Å². The van der Waals surface area contributed by atoms with Gasteiger partial charge in [0.1, 0.15) is 0 Å². The molecule has 1 atom stereocenters. The summed E-state index contributed by atoms with van der Waals surface area (Å²) in [5.74, 6) is 0.599. The third kappa shape index (κ3) is 1.87. The highest BCUT2D eigenvalue weighted by molar-refractivity contribution is 5.61. The summed E-state index contributed by atoms with van der Waals surface area (Å²) < 4.78 is 0. The Bertz CT molecular complexity index is 388. The zero-order chi connectivity index (χ0) is 9.97. The van der Waals surface area contributed by atoms with Gasteiger partial charge in [-0.15, -0.1) is 0 Å². The molecule has 0 saturated heterocycles. The van der Waals surface area contributed by atoms with Crippen LogP contribution in [0.1, 0.15) is 18.1 Å². The molecule has 1 aromatic rings. The van der Waals surface area contributed by atoms with Crippen molar-refractivity contribution in [3.05, 3.63) is 47.6 Å². The number of hydrogen-bond donors (Lipinski definition) is 1. The van der Waals surface area contributed by atoms with E-state index in [2.05, 4.69) is 37.3 Å². The summed E-state index contributed by atoms with van der Waals surface area (Å²) in [6, 6.07) is 6.15. The Morgan fingerprint density at radius 2 is 2.14 bits per heavy atom. The predicted octanol–water partition coefficient (Wildman–Crippen LogP) is 3.03. The molecule has 0 aliphatic heterocycles. The smallest absolute Gasteiger partial charge is 0.0320 e. The van der Waals surface area contributed by atoms with Crippen molar-refractivity contribution in [2.24, 2.45) is 5.92 Å². The lowest BCUT2D eigenvalue weighted by Crippen LogP contribution is -2.00. The van der Waals surface area contributed by atoms with E-state index in [1.165, 1.54) is 11.1 Å². The molecule has 0 bridgehead atoms. The van der Waals surface area contributed by atoms with Crippen molar-refractivity contribution in [3.8, 4) is 0 Å². The van der Waals surface area contributed by atoms with Crippen molar-refractivity contribution in [2.45, 2.75) is 13.3 Å². The summed E-state index contributed by atoms with van der Waals surface area (Å²) in [5.41, 5.74) is 9.23. The summed E-state index contributed by atoms with van der Waals surface area (Å²) in [5, 5.41) is 0. The Hall–Kier alpha value is -1.50. The zero-order valence-corrected chi connectivity index (χ0v) is 8.40. The first kappa shape index (κ1) is 9.07. The molecule has 0 aromatic heterocycles. The van der Waals surface area contributed by atoms with Crippen molar-refractivity contribution < 1.29 is 0 Å². The standard InChI is InChI=1S/C13H15N/c1-10-4-2-3-5-11-9-13(14)7-6-12(11)8-10/h2-7,9-10H,8,14H2,1H3/b4-2-,5-3-/t10-/m0/s1. The monoisotopic (exact) mass is 185 g/mol. The third-order valence-electron chi connectivity index (χ3n) is 2.54. The van der Waals surface area contributed by atoms with E-state index in [-0.39, 0.29) is 0 Å². The largest absolute Gasteiger partial charge is 0.399 e. The minimum Gasteiger partial charge on any atom is -0.399 e. The van der Waals surface area contributed by atoms with E-state index < -0.39 is 0 Å². The van der Waals surface area contributed by atoms with Gasteiger partial charge in [-0.05, 0) is 35.6 Å². The normalized spacial score (nSPS) is 24.5. The van der Waals surface area contributed by atoms with Crippen molar-refractivity contribution in [3.63, 3.8) is 0 Å². The second-order valence-corrected chi connectivity index (χ2v) is 3.88. The van der Waals surface area contributed by atoms with E-state index in [1.54, 1.807) is 0 Å². The van der Waals surface area contributed by atoms with E-state index >= 15 is 0 Å². The van der Waals surface area contributed by atoms with Gasteiger partial charge in [-0.1, -0.05) is 37.3 Å². The maximum absolute atomic E-state index is 5.75. The highest BCUT2D eigenvalue weighted by Gasteiger charge is 2.05. The van der Waals surface area contributed by atoms with Crippen LogP contribution in [-0.4, -0.2) is 0 Å². The molecule has 2 N–H and O–H groups in total. The zero-order valence-electron chi connectivity index (χ0n) is 8.40. The molecule has 1 heteroatoms. The molecule has 0 heterocycles. The molecule has 1 aliphatic rings. The molecular weight excluding hydrogens is 170 g/mol. The maximum atomic E-state index is 5.75. The summed E-state index contributed by atoms with van der Waals surface area (Å²) in [7, 11) is 0. The Morgan fingerprint density at radius 1 is 1.29 bits per heavy atom. The van der Waals surface area contributed by atoms with Gasteiger partial charge in [-0.25, -0.2) is 0 Å². The van der Waals surface area contributed by atoms with Gasteiger partial charge in [0.15, 0.2) is 0 Å². The highest BCUT2D eigenvalue weighted by atomic mass is 14.5. The average molecular weight is 185 g/mol. The molecule has 1 aromatic carbocycles. The second-order valence-electron chi connectivity index (χ2n) is 3.88. The number of anilines is 1. The number of rotatable bonds is 0. The van der Waals surface area contributed by atoms with Crippen LogP contribution < -0.4 is 5.73 Å². The fourth-order valence-electron chi connectivity index (χ4n) is 1.78. The molecule has 0 unspecified atom stereocenters. The first-order valence-corrected chi connectivity index (χ1v) is 4.99. The van der Waals surface area contributed by atoms with Gasteiger partial charge in [-0.2, -0.15) is 0 Å².